The van der Waals surface area contributed by atoms with E-state index in [4.69, 9.17) is 0 Å². The van der Waals surface area contributed by atoms with Gasteiger partial charge < -0.3 is 0 Å². The molecule has 0 heterocycles. The molecule has 0 saturated carbocycles. The molecule has 0 spiro atoms. The molecule has 0 saturated heterocycles. The normalized spacial score (nSPS) is 12.8. The Morgan fingerprint density at radius 1 is 1.78 bits per heavy atom. The van der Waals surface area contributed by atoms with Crippen molar-refractivity contribution in [2.75, 3.05) is 0 Å². The van der Waals surface area contributed by atoms with Crippen molar-refractivity contribution in [1.29, 1.82) is 0 Å². The fraction of sp³-hybridized carbons (Fsp3) is 0.833. The van der Waals surface area contributed by atoms with Gasteiger partial charge in [0.25, 0.3) is 0 Å². The maximum Gasteiger partial charge on any atom is 0.349 e. The van der Waals surface area contributed by atoms with Crippen LogP contribution < -0.4 is 0 Å². The van der Waals surface area contributed by atoms with Crippen LogP contribution in [0.4, 0.5) is 4.53 Å². The molecule has 0 radical (unpaired) electrons. The lowest BCUT2D eigenvalue weighted by Gasteiger charge is -2.01. The summed E-state index contributed by atoms with van der Waals surface area (Å²) in [7, 11) is 0. The summed E-state index contributed by atoms with van der Waals surface area (Å²) in [5.74, 6) is -0.558. The van der Waals surface area contributed by atoms with Crippen molar-refractivity contribution in [2.45, 2.75) is 26.7 Å². The monoisotopic (exact) mass is 134 g/mol. The summed E-state index contributed by atoms with van der Waals surface area (Å²) < 4.78 is 11.0. The van der Waals surface area contributed by atoms with Crippen LogP contribution in [0.1, 0.15) is 26.7 Å². The molecule has 0 aliphatic rings. The zero-order chi connectivity index (χ0) is 7.28. The molecule has 0 aromatic rings. The standard InChI is InChI=1S/C6H11FO2/c1-3-5(2)4-6(8)9-7/h5H,3-4H2,1-2H3. The molecule has 0 aliphatic carbocycles. The molecule has 0 amide bonds. The highest BCUT2D eigenvalue weighted by atomic mass is 19.3. The van der Waals surface area contributed by atoms with E-state index in [1.165, 1.54) is 0 Å². The van der Waals surface area contributed by atoms with Crippen molar-refractivity contribution in [3.8, 4) is 0 Å². The maximum absolute atomic E-state index is 11.0. The van der Waals surface area contributed by atoms with Gasteiger partial charge in [0.15, 0.2) is 0 Å². The minimum absolute atomic E-state index is 0.174. The number of carbonyl (C=O) groups excluding carboxylic acids is 1. The van der Waals surface area contributed by atoms with Gasteiger partial charge in [-0.2, -0.15) is 0 Å². The molecule has 0 N–H and O–H groups in total. The van der Waals surface area contributed by atoms with Gasteiger partial charge >= 0.3 is 5.97 Å². The Morgan fingerprint density at radius 3 is 2.67 bits per heavy atom. The Hall–Kier alpha value is -0.600. The molecule has 54 valence electrons. The van der Waals surface area contributed by atoms with Gasteiger partial charge in [-0.1, -0.05) is 20.3 Å². The van der Waals surface area contributed by atoms with Gasteiger partial charge in [0, 0.05) is 4.53 Å². The molecule has 9 heavy (non-hydrogen) atoms. The molecule has 1 unspecified atom stereocenters. The van der Waals surface area contributed by atoms with E-state index in [0.29, 0.717) is 0 Å². The van der Waals surface area contributed by atoms with Crippen LogP contribution in [0.3, 0.4) is 0 Å². The first-order valence-corrected chi connectivity index (χ1v) is 3.02. The van der Waals surface area contributed by atoms with Crippen molar-refractivity contribution < 1.29 is 14.3 Å². The molecule has 1 atom stereocenters. The lowest BCUT2D eigenvalue weighted by Crippen LogP contribution is -2.03. The van der Waals surface area contributed by atoms with Gasteiger partial charge in [0.2, 0.25) is 0 Å². The zero-order valence-corrected chi connectivity index (χ0v) is 5.69. The van der Waals surface area contributed by atoms with E-state index >= 15 is 0 Å². The van der Waals surface area contributed by atoms with E-state index < -0.39 is 5.97 Å². The third kappa shape index (κ3) is 3.94. The third-order valence-corrected chi connectivity index (χ3v) is 1.30. The van der Waals surface area contributed by atoms with Crippen LogP contribution in [0, 0.1) is 5.92 Å². The van der Waals surface area contributed by atoms with Crippen molar-refractivity contribution in [2.24, 2.45) is 5.92 Å². The second-order valence-electron chi connectivity index (χ2n) is 2.17. The van der Waals surface area contributed by atoms with Gasteiger partial charge in [-0.15, -0.1) is 0 Å². The van der Waals surface area contributed by atoms with Gasteiger partial charge in [0.05, 0.1) is 6.42 Å². The summed E-state index contributed by atoms with van der Waals surface area (Å²) in [6, 6.07) is 0. The van der Waals surface area contributed by atoms with Gasteiger partial charge in [-0.05, 0) is 5.92 Å². The van der Waals surface area contributed by atoms with E-state index in [1.54, 1.807) is 0 Å². The summed E-state index contributed by atoms with van der Waals surface area (Å²) in [6.07, 6.45) is 1.04. The average Bonchev–Trinajstić information content (AvgIpc) is 1.87. The summed E-state index contributed by atoms with van der Waals surface area (Å²) in [4.78, 5) is 13.2. The highest BCUT2D eigenvalue weighted by Gasteiger charge is 2.07. The van der Waals surface area contributed by atoms with Crippen LogP contribution >= 0.6 is 0 Å². The Morgan fingerprint density at radius 2 is 2.33 bits per heavy atom. The molecule has 3 heteroatoms. The SMILES string of the molecule is CCC(C)CC(=O)OF. The molecule has 0 fully saturated rings. The molecule has 0 aromatic carbocycles. The smallest absolute Gasteiger partial charge is 0.255 e. The third-order valence-electron chi connectivity index (χ3n) is 1.30. The summed E-state index contributed by atoms with van der Waals surface area (Å²) in [5.41, 5.74) is 0. The predicted molar refractivity (Wildman–Crippen MR) is 31.3 cm³/mol. The van der Waals surface area contributed by atoms with Crippen LogP contribution in [-0.4, -0.2) is 5.97 Å². The molecule has 0 aliphatic heterocycles. The number of hydrogen-bond donors (Lipinski definition) is 0. The maximum atomic E-state index is 11.0. The predicted octanol–water partition coefficient (Wildman–Crippen LogP) is 1.85. The lowest BCUT2D eigenvalue weighted by atomic mass is 10.1. The molecule has 2 nitrogen and oxygen atoms in total. The fourth-order valence-electron chi connectivity index (χ4n) is 0.460. The van der Waals surface area contributed by atoms with Gasteiger partial charge in [-0.25, -0.2) is 4.79 Å². The van der Waals surface area contributed by atoms with Gasteiger partial charge in [-0.3, -0.25) is 4.94 Å². The Labute approximate surface area is 53.9 Å². The Balaban J connectivity index is 3.34. The minimum atomic E-state index is -0.774. The van der Waals surface area contributed by atoms with E-state index in [9.17, 15) is 9.32 Å². The summed E-state index contributed by atoms with van der Waals surface area (Å²) >= 11 is 0. The minimum Gasteiger partial charge on any atom is -0.255 e. The summed E-state index contributed by atoms with van der Waals surface area (Å²) in [5, 5.41) is 0. The van der Waals surface area contributed by atoms with E-state index in [0.717, 1.165) is 6.42 Å². The molecular formula is C6H11FO2. The van der Waals surface area contributed by atoms with Gasteiger partial charge in [0.1, 0.15) is 0 Å². The largest absolute Gasteiger partial charge is 0.349 e. The first-order chi connectivity index (χ1) is 4.20. The second-order valence-corrected chi connectivity index (χ2v) is 2.17. The molecular weight excluding hydrogens is 123 g/mol. The fourth-order valence-corrected chi connectivity index (χ4v) is 0.460. The van der Waals surface area contributed by atoms with Crippen molar-refractivity contribution in [3.05, 3.63) is 0 Å². The first-order valence-electron chi connectivity index (χ1n) is 3.02. The van der Waals surface area contributed by atoms with Crippen LogP contribution in [0.15, 0.2) is 0 Å². The van der Waals surface area contributed by atoms with E-state index in [-0.39, 0.29) is 12.3 Å². The topological polar surface area (TPSA) is 26.3 Å². The second kappa shape index (κ2) is 4.30. The quantitative estimate of drug-likeness (QED) is 0.588. The Kier molecular flexibility index (Phi) is 4.01. The zero-order valence-electron chi connectivity index (χ0n) is 5.69. The number of carbonyl (C=O) groups is 1. The van der Waals surface area contributed by atoms with Crippen LogP contribution in [0.2, 0.25) is 0 Å². The number of halogens is 1. The van der Waals surface area contributed by atoms with Crippen LogP contribution in [0.5, 0.6) is 0 Å². The first kappa shape index (κ1) is 8.40. The van der Waals surface area contributed by atoms with Crippen molar-refractivity contribution >= 4 is 5.97 Å². The van der Waals surface area contributed by atoms with E-state index in [2.05, 4.69) is 4.94 Å². The van der Waals surface area contributed by atoms with Crippen molar-refractivity contribution in [1.82, 2.24) is 0 Å². The summed E-state index contributed by atoms with van der Waals surface area (Å²) in [6.45, 7) is 3.81. The number of hydrogen-bond acceptors (Lipinski definition) is 2. The van der Waals surface area contributed by atoms with E-state index in [1.807, 2.05) is 13.8 Å². The average molecular weight is 134 g/mol. The van der Waals surface area contributed by atoms with Crippen molar-refractivity contribution in [3.63, 3.8) is 0 Å². The molecule has 0 rings (SSSR count). The highest BCUT2D eigenvalue weighted by Crippen LogP contribution is 2.06. The lowest BCUT2D eigenvalue weighted by molar-refractivity contribution is -0.184. The number of rotatable bonds is 3. The van der Waals surface area contributed by atoms with Crippen LogP contribution in [0.25, 0.3) is 0 Å². The highest BCUT2D eigenvalue weighted by molar-refractivity contribution is 5.68. The molecule has 0 aromatic heterocycles. The molecule has 0 bridgehead atoms. The Bertz CT molecular complexity index is 93.1. The van der Waals surface area contributed by atoms with Crippen LogP contribution in [-0.2, 0) is 9.74 Å².